The van der Waals surface area contributed by atoms with Crippen molar-refractivity contribution in [3.8, 4) is 0 Å². The normalized spacial score (nSPS) is 12.5. The number of hydrogen-bond donors (Lipinski definition) is 1. The van der Waals surface area contributed by atoms with Crippen LogP contribution in [0.15, 0.2) is 24.3 Å². The molecule has 0 bridgehead atoms. The minimum absolute atomic E-state index is 0.562. The van der Waals surface area contributed by atoms with Crippen molar-refractivity contribution >= 4 is 5.69 Å². The van der Waals surface area contributed by atoms with Crippen molar-refractivity contribution < 1.29 is 0 Å². The van der Waals surface area contributed by atoms with Crippen LogP contribution < -0.4 is 5.32 Å². The first-order valence-corrected chi connectivity index (χ1v) is 6.11. The summed E-state index contributed by atoms with van der Waals surface area (Å²) in [6.07, 6.45) is 4.93. The minimum Gasteiger partial charge on any atom is -0.383 e. The Labute approximate surface area is 93.9 Å². The van der Waals surface area contributed by atoms with Gasteiger partial charge in [-0.3, -0.25) is 0 Å². The zero-order chi connectivity index (χ0) is 11.1. The quantitative estimate of drug-likeness (QED) is 0.732. The van der Waals surface area contributed by atoms with E-state index in [1.807, 2.05) is 0 Å². The summed E-state index contributed by atoms with van der Waals surface area (Å²) >= 11 is 0. The molecule has 0 amide bonds. The Kier molecular flexibility index (Phi) is 5.23. The smallest absolute Gasteiger partial charge is 0.0342 e. The van der Waals surface area contributed by atoms with Gasteiger partial charge in [-0.1, -0.05) is 32.4 Å². The van der Waals surface area contributed by atoms with E-state index in [-0.39, 0.29) is 0 Å². The van der Waals surface area contributed by atoms with Gasteiger partial charge in [-0.15, -0.1) is 0 Å². The number of aryl methyl sites for hydroxylation is 1. The third-order valence-electron chi connectivity index (χ3n) is 2.80. The van der Waals surface area contributed by atoms with E-state index in [4.69, 9.17) is 0 Å². The van der Waals surface area contributed by atoms with Crippen molar-refractivity contribution in [2.75, 3.05) is 5.32 Å². The Balaban J connectivity index is 2.48. The molecule has 1 aromatic carbocycles. The summed E-state index contributed by atoms with van der Waals surface area (Å²) in [5.41, 5.74) is 2.69. The standard InChI is InChI=1S/C14H23N/c1-4-6-7-13-8-10-14(11-9-13)15-12(3)5-2/h8-12,15H,4-7H2,1-3H3. The SMILES string of the molecule is CCCCc1ccc(NC(C)CC)cc1. The summed E-state index contributed by atoms with van der Waals surface area (Å²) < 4.78 is 0. The van der Waals surface area contributed by atoms with Crippen molar-refractivity contribution in [2.24, 2.45) is 0 Å². The second-order valence-electron chi connectivity index (χ2n) is 4.25. The summed E-state index contributed by atoms with van der Waals surface area (Å²) in [6.45, 7) is 6.65. The highest BCUT2D eigenvalue weighted by molar-refractivity contribution is 5.45. The number of unbranched alkanes of at least 4 members (excludes halogenated alkanes) is 1. The van der Waals surface area contributed by atoms with E-state index in [0.717, 1.165) is 6.42 Å². The van der Waals surface area contributed by atoms with E-state index in [2.05, 4.69) is 50.4 Å². The van der Waals surface area contributed by atoms with Crippen LogP contribution in [0.2, 0.25) is 0 Å². The summed E-state index contributed by atoms with van der Waals surface area (Å²) in [5, 5.41) is 3.47. The maximum atomic E-state index is 3.47. The van der Waals surface area contributed by atoms with Gasteiger partial charge in [0.15, 0.2) is 0 Å². The fraction of sp³-hybridized carbons (Fsp3) is 0.571. The highest BCUT2D eigenvalue weighted by Crippen LogP contribution is 2.13. The van der Waals surface area contributed by atoms with Gasteiger partial charge < -0.3 is 5.32 Å². The largest absolute Gasteiger partial charge is 0.383 e. The molecule has 1 atom stereocenters. The van der Waals surface area contributed by atoms with Gasteiger partial charge >= 0.3 is 0 Å². The zero-order valence-electron chi connectivity index (χ0n) is 10.2. The van der Waals surface area contributed by atoms with Gasteiger partial charge in [-0.05, 0) is 43.9 Å². The second-order valence-corrected chi connectivity index (χ2v) is 4.25. The Hall–Kier alpha value is -0.980. The van der Waals surface area contributed by atoms with Gasteiger partial charge in [0.05, 0.1) is 0 Å². The van der Waals surface area contributed by atoms with Crippen LogP contribution in [-0.2, 0) is 6.42 Å². The van der Waals surface area contributed by atoms with Crippen LogP contribution in [0.5, 0.6) is 0 Å². The van der Waals surface area contributed by atoms with Gasteiger partial charge in [0.25, 0.3) is 0 Å². The van der Waals surface area contributed by atoms with Crippen LogP contribution in [0.3, 0.4) is 0 Å². The first-order chi connectivity index (χ1) is 7.26. The lowest BCUT2D eigenvalue weighted by atomic mass is 10.1. The summed E-state index contributed by atoms with van der Waals surface area (Å²) in [6, 6.07) is 9.42. The molecule has 0 heterocycles. The molecular weight excluding hydrogens is 182 g/mol. The van der Waals surface area contributed by atoms with Crippen LogP contribution in [0.1, 0.15) is 45.6 Å². The molecule has 0 spiro atoms. The maximum absolute atomic E-state index is 3.47. The number of benzene rings is 1. The van der Waals surface area contributed by atoms with Crippen molar-refractivity contribution in [2.45, 2.75) is 52.5 Å². The van der Waals surface area contributed by atoms with E-state index >= 15 is 0 Å². The molecule has 0 aliphatic rings. The first kappa shape index (κ1) is 12.1. The number of anilines is 1. The first-order valence-electron chi connectivity index (χ1n) is 6.11. The molecule has 0 aliphatic heterocycles. The van der Waals surface area contributed by atoms with E-state index in [1.54, 1.807) is 0 Å². The van der Waals surface area contributed by atoms with E-state index in [1.165, 1.54) is 30.5 Å². The van der Waals surface area contributed by atoms with Crippen LogP contribution >= 0.6 is 0 Å². The molecule has 0 aromatic heterocycles. The van der Waals surface area contributed by atoms with Crippen LogP contribution in [0.4, 0.5) is 5.69 Å². The molecule has 1 nitrogen and oxygen atoms in total. The molecule has 1 aromatic rings. The third-order valence-corrected chi connectivity index (χ3v) is 2.80. The molecule has 0 aliphatic carbocycles. The van der Waals surface area contributed by atoms with E-state index < -0.39 is 0 Å². The van der Waals surface area contributed by atoms with Crippen molar-refractivity contribution in [3.63, 3.8) is 0 Å². The molecule has 0 fully saturated rings. The third kappa shape index (κ3) is 4.37. The molecule has 1 unspecified atom stereocenters. The highest BCUT2D eigenvalue weighted by atomic mass is 14.9. The predicted octanol–water partition coefficient (Wildman–Crippen LogP) is 4.24. The lowest BCUT2D eigenvalue weighted by Crippen LogP contribution is -2.13. The Morgan fingerprint density at radius 1 is 1.13 bits per heavy atom. The van der Waals surface area contributed by atoms with Gasteiger partial charge in [0.1, 0.15) is 0 Å². The molecule has 1 N–H and O–H groups in total. The number of hydrogen-bond acceptors (Lipinski definition) is 1. The summed E-state index contributed by atoms with van der Waals surface area (Å²) in [7, 11) is 0. The van der Waals surface area contributed by atoms with Crippen molar-refractivity contribution in [1.29, 1.82) is 0 Å². The van der Waals surface area contributed by atoms with Crippen molar-refractivity contribution in [3.05, 3.63) is 29.8 Å². The molecular formula is C14H23N. The average molecular weight is 205 g/mol. The topological polar surface area (TPSA) is 12.0 Å². The number of nitrogens with one attached hydrogen (secondary N) is 1. The zero-order valence-corrected chi connectivity index (χ0v) is 10.2. The highest BCUT2D eigenvalue weighted by Gasteiger charge is 1.98. The Morgan fingerprint density at radius 3 is 2.33 bits per heavy atom. The fourth-order valence-electron chi connectivity index (χ4n) is 1.54. The predicted molar refractivity (Wildman–Crippen MR) is 68.4 cm³/mol. The molecule has 15 heavy (non-hydrogen) atoms. The fourth-order valence-corrected chi connectivity index (χ4v) is 1.54. The van der Waals surface area contributed by atoms with Gasteiger partial charge in [0, 0.05) is 11.7 Å². The molecule has 84 valence electrons. The monoisotopic (exact) mass is 205 g/mol. The summed E-state index contributed by atoms with van der Waals surface area (Å²) in [5.74, 6) is 0. The lowest BCUT2D eigenvalue weighted by molar-refractivity contribution is 0.763. The van der Waals surface area contributed by atoms with Gasteiger partial charge in [0.2, 0.25) is 0 Å². The Morgan fingerprint density at radius 2 is 1.80 bits per heavy atom. The van der Waals surface area contributed by atoms with Crippen LogP contribution in [-0.4, -0.2) is 6.04 Å². The van der Waals surface area contributed by atoms with Gasteiger partial charge in [-0.25, -0.2) is 0 Å². The van der Waals surface area contributed by atoms with Crippen LogP contribution in [0.25, 0.3) is 0 Å². The van der Waals surface area contributed by atoms with Gasteiger partial charge in [-0.2, -0.15) is 0 Å². The molecule has 1 heteroatoms. The molecule has 0 saturated heterocycles. The van der Waals surface area contributed by atoms with E-state index in [0.29, 0.717) is 6.04 Å². The van der Waals surface area contributed by atoms with Crippen LogP contribution in [0, 0.1) is 0 Å². The molecule has 1 rings (SSSR count). The molecule has 0 saturated carbocycles. The molecule has 0 radical (unpaired) electrons. The van der Waals surface area contributed by atoms with E-state index in [9.17, 15) is 0 Å². The Bertz CT molecular complexity index is 263. The van der Waals surface area contributed by atoms with Crippen molar-refractivity contribution in [1.82, 2.24) is 0 Å². The minimum atomic E-state index is 0.562. The maximum Gasteiger partial charge on any atom is 0.0342 e. The average Bonchev–Trinajstić information content (AvgIpc) is 2.28. The number of rotatable bonds is 6. The second kappa shape index (κ2) is 6.49. The lowest BCUT2D eigenvalue weighted by Gasteiger charge is -2.13. The summed E-state index contributed by atoms with van der Waals surface area (Å²) in [4.78, 5) is 0.